The van der Waals surface area contributed by atoms with Gasteiger partial charge in [-0.25, -0.2) is 9.59 Å². The highest BCUT2D eigenvalue weighted by atomic mass is 32.1. The number of ether oxygens (including phenoxy) is 1. The monoisotopic (exact) mass is 387 g/mol. The molecule has 1 aliphatic heterocycles. The first kappa shape index (κ1) is 18.6. The zero-order chi connectivity index (χ0) is 19.6. The summed E-state index contributed by atoms with van der Waals surface area (Å²) in [5.74, 6) is -1.72. The van der Waals surface area contributed by atoms with Crippen LogP contribution >= 0.6 is 11.3 Å². The Morgan fingerprint density at radius 3 is 2.63 bits per heavy atom. The van der Waals surface area contributed by atoms with Gasteiger partial charge in [0.1, 0.15) is 6.54 Å². The highest BCUT2D eigenvalue weighted by Gasteiger charge is 2.50. The molecule has 1 unspecified atom stereocenters. The summed E-state index contributed by atoms with van der Waals surface area (Å²) in [6.45, 7) is 1.13. The van der Waals surface area contributed by atoms with E-state index in [0.29, 0.717) is 4.88 Å². The SMILES string of the molecule is COC(=O)c1ccccc1NC(=O)CN1C(=O)NC(C)(c2cccs2)C1=O. The third kappa shape index (κ3) is 3.41. The Morgan fingerprint density at radius 2 is 1.96 bits per heavy atom. The van der Waals surface area contributed by atoms with E-state index in [9.17, 15) is 19.2 Å². The Bertz CT molecular complexity index is 911. The fourth-order valence-corrected chi connectivity index (χ4v) is 3.62. The molecule has 1 aliphatic rings. The van der Waals surface area contributed by atoms with Gasteiger partial charge in [-0.1, -0.05) is 18.2 Å². The van der Waals surface area contributed by atoms with E-state index in [2.05, 4.69) is 15.4 Å². The fraction of sp³-hybridized carbons (Fsp3) is 0.222. The maximum atomic E-state index is 12.7. The zero-order valence-corrected chi connectivity index (χ0v) is 15.5. The van der Waals surface area contributed by atoms with Gasteiger partial charge in [0.25, 0.3) is 5.91 Å². The molecule has 1 atom stereocenters. The molecule has 27 heavy (non-hydrogen) atoms. The van der Waals surface area contributed by atoms with E-state index in [1.54, 1.807) is 36.6 Å². The fourth-order valence-electron chi connectivity index (χ4n) is 2.78. The van der Waals surface area contributed by atoms with E-state index in [0.717, 1.165) is 4.90 Å². The first-order valence-corrected chi connectivity index (χ1v) is 8.90. The van der Waals surface area contributed by atoms with Crippen LogP contribution in [0.5, 0.6) is 0 Å². The van der Waals surface area contributed by atoms with E-state index >= 15 is 0 Å². The molecule has 1 aromatic heterocycles. The van der Waals surface area contributed by atoms with Crippen molar-refractivity contribution in [1.29, 1.82) is 0 Å². The van der Waals surface area contributed by atoms with E-state index in [4.69, 9.17) is 0 Å². The number of amides is 4. The molecule has 4 amide bonds. The quantitative estimate of drug-likeness (QED) is 0.603. The van der Waals surface area contributed by atoms with Crippen LogP contribution in [0.1, 0.15) is 22.2 Å². The second-order valence-corrected chi connectivity index (χ2v) is 6.96. The molecule has 0 saturated carbocycles. The maximum absolute atomic E-state index is 12.7. The topological polar surface area (TPSA) is 105 Å². The molecule has 0 aliphatic carbocycles. The number of para-hydroxylation sites is 1. The number of imide groups is 1. The molecule has 2 aromatic rings. The van der Waals surface area contributed by atoms with Crippen LogP contribution < -0.4 is 10.6 Å². The molecule has 1 saturated heterocycles. The average Bonchev–Trinajstić information content (AvgIpc) is 3.26. The number of thiophene rings is 1. The third-order valence-corrected chi connectivity index (χ3v) is 5.29. The number of carbonyl (C=O) groups is 4. The summed E-state index contributed by atoms with van der Waals surface area (Å²) in [6.07, 6.45) is 0. The molecule has 8 nitrogen and oxygen atoms in total. The van der Waals surface area contributed by atoms with Crippen molar-refractivity contribution >= 4 is 40.8 Å². The normalized spacial score (nSPS) is 19.0. The number of urea groups is 1. The largest absolute Gasteiger partial charge is 0.465 e. The van der Waals surface area contributed by atoms with E-state index in [1.165, 1.54) is 30.6 Å². The second-order valence-electron chi connectivity index (χ2n) is 6.01. The van der Waals surface area contributed by atoms with Crippen molar-refractivity contribution in [2.45, 2.75) is 12.5 Å². The number of rotatable bonds is 5. The molecule has 1 fully saturated rings. The van der Waals surface area contributed by atoms with Crippen molar-refractivity contribution in [1.82, 2.24) is 10.2 Å². The van der Waals surface area contributed by atoms with Gasteiger partial charge >= 0.3 is 12.0 Å². The highest BCUT2D eigenvalue weighted by Crippen LogP contribution is 2.31. The number of hydrogen-bond donors (Lipinski definition) is 2. The minimum absolute atomic E-state index is 0.175. The van der Waals surface area contributed by atoms with Crippen molar-refractivity contribution < 1.29 is 23.9 Å². The molecule has 140 valence electrons. The van der Waals surface area contributed by atoms with Crippen LogP contribution in [0.3, 0.4) is 0 Å². The first-order valence-electron chi connectivity index (χ1n) is 8.02. The van der Waals surface area contributed by atoms with E-state index in [-0.39, 0.29) is 11.3 Å². The molecular formula is C18H17N3O5S. The Labute approximate surface area is 159 Å². The molecule has 2 N–H and O–H groups in total. The molecule has 0 spiro atoms. The van der Waals surface area contributed by atoms with Crippen LogP contribution in [0.2, 0.25) is 0 Å². The summed E-state index contributed by atoms with van der Waals surface area (Å²) in [6, 6.07) is 9.19. The molecule has 9 heteroatoms. The second kappa shape index (κ2) is 7.20. The first-order chi connectivity index (χ1) is 12.9. The van der Waals surface area contributed by atoms with Crippen LogP contribution in [0.15, 0.2) is 41.8 Å². The molecule has 3 rings (SSSR count). The number of methoxy groups -OCH3 is 1. The van der Waals surface area contributed by atoms with E-state index in [1.807, 2.05) is 0 Å². The predicted molar refractivity (Wildman–Crippen MR) is 98.3 cm³/mol. The van der Waals surface area contributed by atoms with Crippen LogP contribution in [0, 0.1) is 0 Å². The molecular weight excluding hydrogens is 370 g/mol. The number of nitrogens with one attached hydrogen (secondary N) is 2. The lowest BCUT2D eigenvalue weighted by Crippen LogP contribution is -2.41. The smallest absolute Gasteiger partial charge is 0.339 e. The molecule has 2 heterocycles. The summed E-state index contributed by atoms with van der Waals surface area (Å²) >= 11 is 1.34. The number of hydrogen-bond acceptors (Lipinski definition) is 6. The van der Waals surface area contributed by atoms with Crippen molar-refractivity contribution in [3.8, 4) is 0 Å². The molecule has 1 aromatic carbocycles. The van der Waals surface area contributed by atoms with Gasteiger partial charge in [0.2, 0.25) is 5.91 Å². The van der Waals surface area contributed by atoms with Gasteiger partial charge in [0.05, 0.1) is 18.4 Å². The van der Waals surface area contributed by atoms with Gasteiger partial charge in [-0.15, -0.1) is 11.3 Å². The maximum Gasteiger partial charge on any atom is 0.339 e. The van der Waals surface area contributed by atoms with Gasteiger partial charge in [-0.05, 0) is 30.5 Å². The Hall–Kier alpha value is -3.20. The summed E-state index contributed by atoms with van der Waals surface area (Å²) < 4.78 is 4.68. The zero-order valence-electron chi connectivity index (χ0n) is 14.6. The van der Waals surface area contributed by atoms with Gasteiger partial charge in [-0.2, -0.15) is 0 Å². The van der Waals surface area contributed by atoms with Gasteiger partial charge in [-0.3, -0.25) is 14.5 Å². The van der Waals surface area contributed by atoms with Crippen LogP contribution in [-0.2, 0) is 19.9 Å². The van der Waals surface area contributed by atoms with Crippen LogP contribution in [0.25, 0.3) is 0 Å². The Kier molecular flexibility index (Phi) is 4.95. The van der Waals surface area contributed by atoms with Gasteiger partial charge in [0.15, 0.2) is 5.54 Å². The number of esters is 1. The highest BCUT2D eigenvalue weighted by molar-refractivity contribution is 7.10. The summed E-state index contributed by atoms with van der Waals surface area (Å²) in [4.78, 5) is 50.7. The van der Waals surface area contributed by atoms with E-state index < -0.39 is 35.9 Å². The summed E-state index contributed by atoms with van der Waals surface area (Å²) in [7, 11) is 1.24. The Morgan fingerprint density at radius 1 is 1.22 bits per heavy atom. The predicted octanol–water partition coefficient (Wildman–Crippen LogP) is 1.94. The van der Waals surface area contributed by atoms with Crippen molar-refractivity contribution in [3.63, 3.8) is 0 Å². The Balaban J connectivity index is 1.75. The molecule has 0 radical (unpaired) electrons. The standard InChI is InChI=1S/C18H17N3O5S/c1-18(13-8-5-9-27-13)16(24)21(17(25)20-18)10-14(22)19-12-7-4-3-6-11(12)15(23)26-2/h3-9H,10H2,1-2H3,(H,19,22)(H,20,25). The summed E-state index contributed by atoms with van der Waals surface area (Å²) in [5, 5.41) is 6.98. The number of anilines is 1. The van der Waals surface area contributed by atoms with Crippen LogP contribution in [0.4, 0.5) is 10.5 Å². The lowest BCUT2D eigenvalue weighted by molar-refractivity contribution is -0.133. The average molecular weight is 387 g/mol. The van der Waals surface area contributed by atoms with Gasteiger partial charge < -0.3 is 15.4 Å². The number of carbonyl (C=O) groups excluding carboxylic acids is 4. The minimum atomic E-state index is -1.20. The lowest BCUT2D eigenvalue weighted by atomic mass is 10.0. The van der Waals surface area contributed by atoms with Crippen molar-refractivity contribution in [3.05, 3.63) is 52.2 Å². The number of nitrogens with zero attached hydrogens (tertiary/aromatic N) is 1. The van der Waals surface area contributed by atoms with Crippen molar-refractivity contribution in [2.75, 3.05) is 19.0 Å². The van der Waals surface area contributed by atoms with Crippen LogP contribution in [-0.4, -0.2) is 42.4 Å². The lowest BCUT2D eigenvalue weighted by Gasteiger charge is -2.20. The van der Waals surface area contributed by atoms with Gasteiger partial charge in [0, 0.05) is 4.88 Å². The number of benzene rings is 1. The molecule has 0 bridgehead atoms. The summed E-state index contributed by atoms with van der Waals surface area (Å²) in [5.41, 5.74) is -0.786. The third-order valence-electron chi connectivity index (χ3n) is 4.20. The minimum Gasteiger partial charge on any atom is -0.465 e. The van der Waals surface area contributed by atoms with Crippen molar-refractivity contribution in [2.24, 2.45) is 0 Å².